The first-order valence-electron chi connectivity index (χ1n) is 6.14. The second-order valence-electron chi connectivity index (χ2n) is 4.27. The summed E-state index contributed by atoms with van der Waals surface area (Å²) in [6.07, 6.45) is 0. The molecule has 0 atom stereocenters. The fraction of sp³-hybridized carbons (Fsp3) is 0.0667. The van der Waals surface area contributed by atoms with Gasteiger partial charge in [0.05, 0.1) is 0 Å². The van der Waals surface area contributed by atoms with Crippen molar-refractivity contribution in [3.05, 3.63) is 65.7 Å². The molecule has 4 nitrogen and oxygen atoms in total. The SMILES string of the molecule is O=C(NCc1ccc(F)cc1)C(=O)Nc1ccc(F)cc1. The number of halogens is 2. The van der Waals surface area contributed by atoms with Gasteiger partial charge in [-0.1, -0.05) is 12.1 Å². The second-order valence-corrected chi connectivity index (χ2v) is 4.27. The van der Waals surface area contributed by atoms with Gasteiger partial charge in [0.1, 0.15) is 11.6 Å². The highest BCUT2D eigenvalue weighted by atomic mass is 19.1. The van der Waals surface area contributed by atoms with Crippen LogP contribution in [-0.2, 0) is 16.1 Å². The Morgan fingerprint density at radius 2 is 1.33 bits per heavy atom. The zero-order valence-corrected chi connectivity index (χ0v) is 10.9. The number of carbonyl (C=O) groups is 2. The van der Waals surface area contributed by atoms with E-state index in [0.29, 0.717) is 11.3 Å². The molecule has 2 rings (SSSR count). The summed E-state index contributed by atoms with van der Waals surface area (Å²) in [6, 6.07) is 10.6. The Morgan fingerprint density at radius 3 is 1.90 bits per heavy atom. The number of carbonyl (C=O) groups excluding carboxylic acids is 2. The third-order valence-corrected chi connectivity index (χ3v) is 2.67. The van der Waals surface area contributed by atoms with Crippen molar-refractivity contribution in [1.29, 1.82) is 0 Å². The van der Waals surface area contributed by atoms with Crippen molar-refractivity contribution in [2.45, 2.75) is 6.54 Å². The van der Waals surface area contributed by atoms with Crippen molar-refractivity contribution in [3.8, 4) is 0 Å². The first-order chi connectivity index (χ1) is 10.0. The zero-order chi connectivity index (χ0) is 15.2. The Morgan fingerprint density at radius 1 is 0.810 bits per heavy atom. The molecule has 2 N–H and O–H groups in total. The number of nitrogens with one attached hydrogen (secondary N) is 2. The van der Waals surface area contributed by atoms with E-state index in [2.05, 4.69) is 10.6 Å². The monoisotopic (exact) mass is 290 g/mol. The Bertz CT molecular complexity index is 640. The van der Waals surface area contributed by atoms with Crippen LogP contribution in [0.2, 0.25) is 0 Å². The summed E-state index contributed by atoms with van der Waals surface area (Å²) < 4.78 is 25.4. The van der Waals surface area contributed by atoms with Gasteiger partial charge >= 0.3 is 11.8 Å². The van der Waals surface area contributed by atoms with E-state index in [1.165, 1.54) is 48.5 Å². The third-order valence-electron chi connectivity index (χ3n) is 2.67. The van der Waals surface area contributed by atoms with E-state index in [9.17, 15) is 18.4 Å². The molecule has 2 amide bonds. The summed E-state index contributed by atoms with van der Waals surface area (Å²) in [7, 11) is 0. The van der Waals surface area contributed by atoms with Crippen molar-refractivity contribution in [1.82, 2.24) is 5.32 Å². The maximum absolute atomic E-state index is 12.7. The third kappa shape index (κ3) is 4.38. The van der Waals surface area contributed by atoms with Crippen LogP contribution < -0.4 is 10.6 Å². The van der Waals surface area contributed by atoms with Gasteiger partial charge in [0.15, 0.2) is 0 Å². The van der Waals surface area contributed by atoms with Gasteiger partial charge in [-0.3, -0.25) is 9.59 Å². The molecule has 2 aromatic rings. The van der Waals surface area contributed by atoms with E-state index < -0.39 is 17.6 Å². The van der Waals surface area contributed by atoms with Crippen LogP contribution in [0.3, 0.4) is 0 Å². The molecule has 0 unspecified atom stereocenters. The standard InChI is InChI=1S/C15H12F2N2O2/c16-11-3-1-10(2-4-11)9-18-14(20)15(21)19-13-7-5-12(17)6-8-13/h1-8H,9H2,(H,18,20)(H,19,21). The van der Waals surface area contributed by atoms with Crippen LogP contribution in [0.4, 0.5) is 14.5 Å². The molecule has 0 spiro atoms. The maximum atomic E-state index is 12.7. The molecule has 0 fully saturated rings. The summed E-state index contributed by atoms with van der Waals surface area (Å²) in [6.45, 7) is 0.107. The molecule has 0 bridgehead atoms. The minimum atomic E-state index is -0.858. The Kier molecular flexibility index (Phi) is 4.61. The average molecular weight is 290 g/mol. The summed E-state index contributed by atoms with van der Waals surface area (Å²) in [5.41, 5.74) is 0.984. The minimum absolute atomic E-state index is 0.107. The van der Waals surface area contributed by atoms with Crippen LogP contribution in [0.25, 0.3) is 0 Å². The average Bonchev–Trinajstić information content (AvgIpc) is 2.48. The van der Waals surface area contributed by atoms with Gasteiger partial charge in [-0.25, -0.2) is 8.78 Å². The molecule has 0 aliphatic carbocycles. The van der Waals surface area contributed by atoms with Gasteiger partial charge in [-0.05, 0) is 42.0 Å². The van der Waals surface area contributed by atoms with Crippen LogP contribution in [-0.4, -0.2) is 11.8 Å². The zero-order valence-electron chi connectivity index (χ0n) is 10.9. The molecule has 0 aliphatic heterocycles. The minimum Gasteiger partial charge on any atom is -0.344 e. The van der Waals surface area contributed by atoms with Gasteiger partial charge in [0.2, 0.25) is 0 Å². The predicted octanol–water partition coefficient (Wildman–Crippen LogP) is 2.22. The summed E-state index contributed by atoms with van der Waals surface area (Å²) in [4.78, 5) is 23.2. The van der Waals surface area contributed by atoms with Crippen molar-refractivity contribution >= 4 is 17.5 Å². The van der Waals surface area contributed by atoms with Crippen LogP contribution in [0.15, 0.2) is 48.5 Å². The highest BCUT2D eigenvalue weighted by Gasteiger charge is 2.13. The highest BCUT2D eigenvalue weighted by Crippen LogP contribution is 2.08. The molecular formula is C15H12F2N2O2. The molecule has 108 valence electrons. The van der Waals surface area contributed by atoms with Crippen molar-refractivity contribution in [2.24, 2.45) is 0 Å². The lowest BCUT2D eigenvalue weighted by Gasteiger charge is -2.06. The summed E-state index contributed by atoms with van der Waals surface area (Å²) >= 11 is 0. The Balaban J connectivity index is 1.86. The number of hydrogen-bond acceptors (Lipinski definition) is 2. The van der Waals surface area contributed by atoms with E-state index >= 15 is 0 Å². The van der Waals surface area contributed by atoms with Crippen molar-refractivity contribution in [2.75, 3.05) is 5.32 Å². The van der Waals surface area contributed by atoms with E-state index in [1.807, 2.05) is 0 Å². The quantitative estimate of drug-likeness (QED) is 0.852. The number of amides is 2. The molecule has 0 aromatic heterocycles. The van der Waals surface area contributed by atoms with E-state index in [0.717, 1.165) is 0 Å². The largest absolute Gasteiger partial charge is 0.344 e. The Labute approximate surface area is 119 Å². The molecule has 0 radical (unpaired) electrons. The fourth-order valence-corrected chi connectivity index (χ4v) is 1.59. The van der Waals surface area contributed by atoms with Gasteiger partial charge in [0.25, 0.3) is 0 Å². The Hall–Kier alpha value is -2.76. The molecule has 0 saturated carbocycles. The lowest BCUT2D eigenvalue weighted by molar-refractivity contribution is -0.136. The van der Waals surface area contributed by atoms with E-state index in [4.69, 9.17) is 0 Å². The first-order valence-corrected chi connectivity index (χ1v) is 6.14. The number of anilines is 1. The molecule has 6 heteroatoms. The van der Waals surface area contributed by atoms with Crippen LogP contribution in [0, 0.1) is 11.6 Å². The lowest BCUT2D eigenvalue weighted by atomic mass is 10.2. The number of rotatable bonds is 3. The van der Waals surface area contributed by atoms with E-state index in [1.54, 1.807) is 0 Å². The normalized spacial score (nSPS) is 10.0. The molecule has 2 aromatic carbocycles. The van der Waals surface area contributed by atoms with Crippen LogP contribution >= 0.6 is 0 Å². The van der Waals surface area contributed by atoms with Gasteiger partial charge in [-0.15, -0.1) is 0 Å². The molecule has 0 heterocycles. The number of hydrogen-bond donors (Lipinski definition) is 2. The van der Waals surface area contributed by atoms with Crippen molar-refractivity contribution < 1.29 is 18.4 Å². The highest BCUT2D eigenvalue weighted by molar-refractivity contribution is 6.39. The molecule has 0 saturated heterocycles. The summed E-state index contributed by atoms with van der Waals surface area (Å²) in [5.74, 6) is -2.50. The number of benzene rings is 2. The molecular weight excluding hydrogens is 278 g/mol. The van der Waals surface area contributed by atoms with Crippen molar-refractivity contribution in [3.63, 3.8) is 0 Å². The smallest absolute Gasteiger partial charge is 0.313 e. The first kappa shape index (κ1) is 14.6. The molecule has 0 aliphatic rings. The fourth-order valence-electron chi connectivity index (χ4n) is 1.59. The lowest BCUT2D eigenvalue weighted by Crippen LogP contribution is -2.34. The van der Waals surface area contributed by atoms with Crippen LogP contribution in [0.1, 0.15) is 5.56 Å². The topological polar surface area (TPSA) is 58.2 Å². The molecule has 21 heavy (non-hydrogen) atoms. The summed E-state index contributed by atoms with van der Waals surface area (Å²) in [5, 5.41) is 4.74. The van der Waals surface area contributed by atoms with Gasteiger partial charge < -0.3 is 10.6 Å². The van der Waals surface area contributed by atoms with Crippen LogP contribution in [0.5, 0.6) is 0 Å². The van der Waals surface area contributed by atoms with Gasteiger partial charge in [0, 0.05) is 12.2 Å². The van der Waals surface area contributed by atoms with E-state index in [-0.39, 0.29) is 12.4 Å². The van der Waals surface area contributed by atoms with Gasteiger partial charge in [-0.2, -0.15) is 0 Å². The second kappa shape index (κ2) is 6.60. The maximum Gasteiger partial charge on any atom is 0.313 e. The predicted molar refractivity (Wildman–Crippen MR) is 73.3 cm³/mol.